The van der Waals surface area contributed by atoms with E-state index in [0.29, 0.717) is 12.3 Å². The molecule has 0 aliphatic heterocycles. The standard InChI is InChI=1S/C16H27NO3.2C2H6/c1-6-8-13(7-2)10-14(16(19)20)17-15(18)12(5)9-11(3)4;2*1-2/h6-8,11-12,14H,9-10H2,1-5H3,(H,17,18)(H,19,20);2*1-2H3/b8-6-,13-7+;;/t12-,14-;;/m0../s1. The van der Waals surface area contributed by atoms with Gasteiger partial charge in [0.05, 0.1) is 0 Å². The molecule has 142 valence electrons. The van der Waals surface area contributed by atoms with Gasteiger partial charge in [0, 0.05) is 12.3 Å². The average Bonchev–Trinajstić information content (AvgIpc) is 2.56. The molecule has 1 amide bonds. The number of aliphatic carboxylic acids is 1. The van der Waals surface area contributed by atoms with Crippen LogP contribution in [0.15, 0.2) is 23.8 Å². The molecule has 0 radical (unpaired) electrons. The number of rotatable bonds is 8. The summed E-state index contributed by atoms with van der Waals surface area (Å²) in [6, 6.07) is -0.875. The minimum Gasteiger partial charge on any atom is -0.480 e. The fourth-order valence-electron chi connectivity index (χ4n) is 2.06. The summed E-state index contributed by atoms with van der Waals surface area (Å²) in [6.45, 7) is 17.7. The molecule has 0 rings (SSSR count). The first-order valence-electron chi connectivity index (χ1n) is 9.12. The Bertz CT molecular complexity index is 384. The summed E-state index contributed by atoms with van der Waals surface area (Å²) in [7, 11) is 0. The van der Waals surface area contributed by atoms with E-state index in [2.05, 4.69) is 5.32 Å². The van der Waals surface area contributed by atoms with E-state index in [0.717, 1.165) is 12.0 Å². The van der Waals surface area contributed by atoms with Crippen LogP contribution in [0.3, 0.4) is 0 Å². The molecule has 0 aliphatic carbocycles. The van der Waals surface area contributed by atoms with Gasteiger partial charge in [-0.3, -0.25) is 4.79 Å². The number of carboxylic acids is 1. The smallest absolute Gasteiger partial charge is 0.326 e. The molecule has 0 fully saturated rings. The maximum Gasteiger partial charge on any atom is 0.326 e. The van der Waals surface area contributed by atoms with Crippen molar-refractivity contribution in [3.8, 4) is 0 Å². The van der Waals surface area contributed by atoms with Crippen molar-refractivity contribution >= 4 is 11.9 Å². The first kappa shape index (κ1) is 27.3. The van der Waals surface area contributed by atoms with Crippen molar-refractivity contribution in [1.82, 2.24) is 5.32 Å². The molecule has 2 N–H and O–H groups in total. The van der Waals surface area contributed by atoms with Crippen LogP contribution in [0.1, 0.15) is 75.2 Å². The van der Waals surface area contributed by atoms with Gasteiger partial charge in [0.15, 0.2) is 0 Å². The lowest BCUT2D eigenvalue weighted by Crippen LogP contribution is -2.43. The minimum absolute atomic E-state index is 0.173. The van der Waals surface area contributed by atoms with Crippen LogP contribution in [0.4, 0.5) is 0 Å². The van der Waals surface area contributed by atoms with Crippen molar-refractivity contribution in [1.29, 1.82) is 0 Å². The first-order chi connectivity index (χ1) is 11.3. The third-order valence-corrected chi connectivity index (χ3v) is 3.08. The van der Waals surface area contributed by atoms with E-state index in [1.165, 1.54) is 0 Å². The van der Waals surface area contributed by atoms with Crippen LogP contribution in [0.5, 0.6) is 0 Å². The topological polar surface area (TPSA) is 66.4 Å². The number of carbonyl (C=O) groups excluding carboxylic acids is 1. The second kappa shape index (κ2) is 17.8. The van der Waals surface area contributed by atoms with Gasteiger partial charge in [-0.1, -0.05) is 66.7 Å². The molecule has 0 unspecified atom stereocenters. The molecule has 0 aromatic heterocycles. The third kappa shape index (κ3) is 14.0. The molecule has 24 heavy (non-hydrogen) atoms. The number of allylic oxidation sites excluding steroid dienone is 3. The van der Waals surface area contributed by atoms with Gasteiger partial charge in [0.1, 0.15) is 6.04 Å². The van der Waals surface area contributed by atoms with Crippen molar-refractivity contribution in [3.05, 3.63) is 23.8 Å². The number of amides is 1. The number of hydrogen-bond acceptors (Lipinski definition) is 2. The van der Waals surface area contributed by atoms with Crippen LogP contribution in [0.25, 0.3) is 0 Å². The Labute approximate surface area is 149 Å². The van der Waals surface area contributed by atoms with Crippen molar-refractivity contribution in [2.45, 2.75) is 81.2 Å². The molecule has 0 saturated carbocycles. The largest absolute Gasteiger partial charge is 0.480 e. The highest BCUT2D eigenvalue weighted by atomic mass is 16.4. The fourth-order valence-corrected chi connectivity index (χ4v) is 2.06. The first-order valence-corrected chi connectivity index (χ1v) is 9.12. The van der Waals surface area contributed by atoms with E-state index in [9.17, 15) is 14.7 Å². The summed E-state index contributed by atoms with van der Waals surface area (Å²) in [6.07, 6.45) is 6.64. The fraction of sp³-hybridized carbons (Fsp3) is 0.700. The Balaban J connectivity index is -0.00000102. The SMILES string of the molecule is C/C=C\C(=C/C)C[C@H](NC(=O)[C@@H](C)CC(C)C)C(=O)O.CC.CC. The van der Waals surface area contributed by atoms with Gasteiger partial charge in [-0.25, -0.2) is 4.79 Å². The lowest BCUT2D eigenvalue weighted by Gasteiger charge is -2.19. The van der Waals surface area contributed by atoms with Gasteiger partial charge in [-0.2, -0.15) is 0 Å². The highest BCUT2D eigenvalue weighted by Crippen LogP contribution is 2.13. The molecule has 0 bridgehead atoms. The van der Waals surface area contributed by atoms with Crippen molar-refractivity contribution < 1.29 is 14.7 Å². The predicted octanol–water partition coefficient (Wildman–Crippen LogP) is 5.20. The van der Waals surface area contributed by atoms with Gasteiger partial charge < -0.3 is 10.4 Å². The highest BCUT2D eigenvalue weighted by molar-refractivity contribution is 5.85. The summed E-state index contributed by atoms with van der Waals surface area (Å²) in [5.41, 5.74) is 0.900. The number of hydrogen-bond donors (Lipinski definition) is 2. The number of carbonyl (C=O) groups is 2. The van der Waals surface area contributed by atoms with E-state index in [4.69, 9.17) is 0 Å². The molecule has 4 heteroatoms. The molecular formula is C20H39NO3. The van der Waals surface area contributed by atoms with Gasteiger partial charge >= 0.3 is 5.97 Å². The van der Waals surface area contributed by atoms with Gasteiger partial charge in [-0.05, 0) is 31.8 Å². The molecule has 0 aliphatic rings. The van der Waals surface area contributed by atoms with Crippen LogP contribution in [0, 0.1) is 11.8 Å². The Morgan fingerprint density at radius 2 is 1.54 bits per heavy atom. The zero-order valence-corrected chi connectivity index (χ0v) is 17.1. The summed E-state index contributed by atoms with van der Waals surface area (Å²) in [5, 5.41) is 11.9. The van der Waals surface area contributed by atoms with Crippen molar-refractivity contribution in [2.24, 2.45) is 11.8 Å². The predicted molar refractivity (Wildman–Crippen MR) is 104 cm³/mol. The summed E-state index contributed by atoms with van der Waals surface area (Å²) >= 11 is 0. The quantitative estimate of drug-likeness (QED) is 0.596. The minimum atomic E-state index is -1.00. The molecule has 4 nitrogen and oxygen atoms in total. The molecule has 0 heterocycles. The van der Waals surface area contributed by atoms with E-state index in [-0.39, 0.29) is 11.8 Å². The van der Waals surface area contributed by atoms with E-state index >= 15 is 0 Å². The van der Waals surface area contributed by atoms with E-state index in [1.807, 2.05) is 80.5 Å². The second-order valence-corrected chi connectivity index (χ2v) is 5.50. The highest BCUT2D eigenvalue weighted by Gasteiger charge is 2.23. The Morgan fingerprint density at radius 1 is 1.04 bits per heavy atom. The Morgan fingerprint density at radius 3 is 1.88 bits per heavy atom. The van der Waals surface area contributed by atoms with Gasteiger partial charge in [-0.15, -0.1) is 0 Å². The lowest BCUT2D eigenvalue weighted by atomic mass is 9.97. The van der Waals surface area contributed by atoms with E-state index in [1.54, 1.807) is 0 Å². The maximum absolute atomic E-state index is 12.0. The van der Waals surface area contributed by atoms with Crippen molar-refractivity contribution in [2.75, 3.05) is 0 Å². The molecule has 0 aromatic rings. The van der Waals surface area contributed by atoms with Gasteiger partial charge in [0.2, 0.25) is 5.91 Å². The van der Waals surface area contributed by atoms with Crippen LogP contribution >= 0.6 is 0 Å². The van der Waals surface area contributed by atoms with Crippen LogP contribution < -0.4 is 5.32 Å². The molecular weight excluding hydrogens is 302 g/mol. The summed E-state index contributed by atoms with van der Waals surface area (Å²) < 4.78 is 0. The van der Waals surface area contributed by atoms with Crippen LogP contribution in [0.2, 0.25) is 0 Å². The summed E-state index contributed by atoms with van der Waals surface area (Å²) in [4.78, 5) is 23.3. The van der Waals surface area contributed by atoms with Crippen LogP contribution in [-0.2, 0) is 9.59 Å². The monoisotopic (exact) mass is 341 g/mol. The third-order valence-electron chi connectivity index (χ3n) is 3.08. The molecule has 0 aromatic carbocycles. The Kier molecular flexibility index (Phi) is 20.2. The van der Waals surface area contributed by atoms with Crippen LogP contribution in [-0.4, -0.2) is 23.0 Å². The zero-order valence-electron chi connectivity index (χ0n) is 17.1. The molecule has 2 atom stereocenters. The number of carboxylic acid groups (broad SMARTS) is 1. The second-order valence-electron chi connectivity index (χ2n) is 5.50. The molecule has 0 spiro atoms. The molecule has 0 saturated heterocycles. The van der Waals surface area contributed by atoms with E-state index < -0.39 is 12.0 Å². The maximum atomic E-state index is 12.0. The normalized spacial score (nSPS) is 13.3. The average molecular weight is 342 g/mol. The van der Waals surface area contributed by atoms with Crippen molar-refractivity contribution in [3.63, 3.8) is 0 Å². The Hall–Kier alpha value is -1.58. The number of nitrogens with one attached hydrogen (secondary N) is 1. The van der Waals surface area contributed by atoms with Gasteiger partial charge in [0.25, 0.3) is 0 Å². The zero-order chi connectivity index (χ0) is 19.7. The summed E-state index contributed by atoms with van der Waals surface area (Å²) in [5.74, 6) is -0.957. The lowest BCUT2D eigenvalue weighted by molar-refractivity contribution is -0.142.